The van der Waals surface area contributed by atoms with Gasteiger partial charge >= 0.3 is 0 Å². The maximum atomic E-state index is 13.2. The van der Waals surface area contributed by atoms with Gasteiger partial charge in [-0.05, 0) is 31.2 Å². The summed E-state index contributed by atoms with van der Waals surface area (Å²) in [5.41, 5.74) is 0.00180. The van der Waals surface area contributed by atoms with Gasteiger partial charge in [-0.3, -0.25) is 19.5 Å². The van der Waals surface area contributed by atoms with E-state index in [4.69, 9.17) is 0 Å². The van der Waals surface area contributed by atoms with Crippen molar-refractivity contribution in [3.8, 4) is 0 Å². The highest BCUT2D eigenvalue weighted by Gasteiger charge is 2.08. The van der Waals surface area contributed by atoms with Crippen LogP contribution in [0.4, 0.5) is 4.39 Å². The molecule has 6 nitrogen and oxygen atoms in total. The highest BCUT2D eigenvalue weighted by atomic mass is 19.1. The fraction of sp³-hybridized carbons (Fsp3) is 0.125. The Morgan fingerprint density at radius 2 is 2.22 bits per heavy atom. The number of nitro groups is 1. The summed E-state index contributed by atoms with van der Waals surface area (Å²) in [5, 5.41) is 10.9. The smallest absolute Gasteiger partial charge is 0.265 e. The number of allylic oxidation sites excluding steroid dienone is 4. The SMILES string of the molecule is C=C(/C=C\C(=C/CC)n1cnc2cc(F)ccc2c1=O)[N+](=O)[O-]. The Morgan fingerprint density at radius 1 is 1.48 bits per heavy atom. The lowest BCUT2D eigenvalue weighted by Crippen LogP contribution is -2.19. The molecule has 0 spiro atoms. The van der Waals surface area contributed by atoms with Crippen LogP contribution in [0.5, 0.6) is 0 Å². The topological polar surface area (TPSA) is 78.0 Å². The zero-order valence-corrected chi connectivity index (χ0v) is 12.4. The van der Waals surface area contributed by atoms with Crippen molar-refractivity contribution in [2.75, 3.05) is 0 Å². The number of hydrogen-bond acceptors (Lipinski definition) is 4. The summed E-state index contributed by atoms with van der Waals surface area (Å²) in [6.07, 6.45) is 6.24. The van der Waals surface area contributed by atoms with Crippen LogP contribution in [0, 0.1) is 15.9 Å². The molecule has 0 N–H and O–H groups in total. The lowest BCUT2D eigenvalue weighted by atomic mass is 10.2. The number of halogens is 1. The Bertz CT molecular complexity index is 897. The molecule has 0 amide bonds. The van der Waals surface area contributed by atoms with Crippen LogP contribution in [0.3, 0.4) is 0 Å². The fourth-order valence-electron chi connectivity index (χ4n) is 1.98. The first-order valence-corrected chi connectivity index (χ1v) is 6.83. The van der Waals surface area contributed by atoms with Crippen molar-refractivity contribution in [2.24, 2.45) is 0 Å². The molecule has 0 aliphatic heterocycles. The van der Waals surface area contributed by atoms with Gasteiger partial charge < -0.3 is 0 Å². The summed E-state index contributed by atoms with van der Waals surface area (Å²) in [6, 6.07) is 3.72. The Balaban J connectivity index is 2.55. The summed E-state index contributed by atoms with van der Waals surface area (Å²) < 4.78 is 14.4. The van der Waals surface area contributed by atoms with Gasteiger partial charge in [0.1, 0.15) is 12.1 Å². The summed E-state index contributed by atoms with van der Waals surface area (Å²) >= 11 is 0. The summed E-state index contributed by atoms with van der Waals surface area (Å²) in [7, 11) is 0. The van der Waals surface area contributed by atoms with Crippen LogP contribution >= 0.6 is 0 Å². The first-order valence-electron chi connectivity index (χ1n) is 6.83. The lowest BCUT2D eigenvalue weighted by Gasteiger charge is -2.07. The first kappa shape index (κ1) is 16.3. The van der Waals surface area contributed by atoms with Crippen molar-refractivity contribution in [1.82, 2.24) is 9.55 Å². The van der Waals surface area contributed by atoms with Gasteiger partial charge in [0, 0.05) is 17.8 Å². The molecule has 2 aromatic rings. The number of aromatic nitrogens is 2. The van der Waals surface area contributed by atoms with Crippen molar-refractivity contribution in [3.05, 3.63) is 81.3 Å². The summed E-state index contributed by atoms with van der Waals surface area (Å²) in [6.45, 7) is 5.17. The number of nitrogens with zero attached hydrogens (tertiary/aromatic N) is 3. The molecule has 0 aliphatic rings. The van der Waals surface area contributed by atoms with Crippen LogP contribution < -0.4 is 5.56 Å². The number of hydrogen-bond donors (Lipinski definition) is 0. The average Bonchev–Trinajstić information content (AvgIpc) is 2.51. The molecule has 0 aliphatic carbocycles. The number of fused-ring (bicyclic) bond motifs is 1. The lowest BCUT2D eigenvalue weighted by molar-refractivity contribution is -0.418. The van der Waals surface area contributed by atoms with E-state index >= 15 is 0 Å². The molecule has 0 unspecified atom stereocenters. The molecule has 1 aromatic heterocycles. The molecule has 118 valence electrons. The maximum absolute atomic E-state index is 13.2. The van der Waals surface area contributed by atoms with Crippen molar-refractivity contribution in [3.63, 3.8) is 0 Å². The Labute approximate surface area is 131 Å². The summed E-state index contributed by atoms with van der Waals surface area (Å²) in [4.78, 5) is 26.5. The van der Waals surface area contributed by atoms with E-state index in [1.54, 1.807) is 6.08 Å². The molecule has 0 atom stereocenters. The fourth-order valence-corrected chi connectivity index (χ4v) is 1.98. The Hall–Kier alpha value is -3.09. The molecular weight excluding hydrogens is 301 g/mol. The van der Waals surface area contributed by atoms with Gasteiger partial charge in [-0.2, -0.15) is 0 Å². The molecule has 0 saturated carbocycles. The van der Waals surface area contributed by atoms with Crippen LogP contribution in [0.25, 0.3) is 16.6 Å². The summed E-state index contributed by atoms with van der Waals surface area (Å²) in [5.74, 6) is -0.478. The van der Waals surface area contributed by atoms with Gasteiger partial charge in [-0.15, -0.1) is 0 Å². The van der Waals surface area contributed by atoms with E-state index in [1.165, 1.54) is 41.2 Å². The van der Waals surface area contributed by atoms with E-state index in [9.17, 15) is 19.3 Å². The van der Waals surface area contributed by atoms with Gasteiger partial charge in [0.2, 0.25) is 0 Å². The second kappa shape index (κ2) is 6.78. The monoisotopic (exact) mass is 315 g/mol. The van der Waals surface area contributed by atoms with Crippen LogP contribution in [0.1, 0.15) is 13.3 Å². The Kier molecular flexibility index (Phi) is 4.80. The zero-order valence-electron chi connectivity index (χ0n) is 12.4. The quantitative estimate of drug-likeness (QED) is 0.482. The van der Waals surface area contributed by atoms with E-state index in [2.05, 4.69) is 11.6 Å². The van der Waals surface area contributed by atoms with Gasteiger partial charge in [0.15, 0.2) is 0 Å². The van der Waals surface area contributed by atoms with E-state index in [0.29, 0.717) is 12.1 Å². The molecule has 1 heterocycles. The third-order valence-electron chi connectivity index (χ3n) is 3.09. The van der Waals surface area contributed by atoms with Crippen molar-refractivity contribution in [1.29, 1.82) is 0 Å². The third-order valence-corrected chi connectivity index (χ3v) is 3.09. The number of benzene rings is 1. The molecule has 0 fully saturated rings. The highest BCUT2D eigenvalue weighted by molar-refractivity contribution is 5.78. The minimum absolute atomic E-state index is 0.251. The van der Waals surface area contributed by atoms with Crippen LogP contribution in [0.2, 0.25) is 0 Å². The van der Waals surface area contributed by atoms with Gasteiger partial charge in [0.25, 0.3) is 11.3 Å². The average molecular weight is 315 g/mol. The maximum Gasteiger partial charge on any atom is 0.265 e. The normalized spacial score (nSPS) is 12.0. The Morgan fingerprint density at radius 3 is 2.87 bits per heavy atom. The second-order valence-corrected chi connectivity index (χ2v) is 4.70. The minimum atomic E-state index is -0.621. The van der Waals surface area contributed by atoms with E-state index in [1.807, 2.05) is 6.92 Å². The second-order valence-electron chi connectivity index (χ2n) is 4.70. The van der Waals surface area contributed by atoms with Crippen LogP contribution in [-0.4, -0.2) is 14.5 Å². The molecular formula is C16H14FN3O3. The van der Waals surface area contributed by atoms with Crippen LogP contribution in [-0.2, 0) is 0 Å². The molecule has 0 saturated heterocycles. The van der Waals surface area contributed by atoms with E-state index in [-0.39, 0.29) is 22.2 Å². The predicted octanol–water partition coefficient (Wildman–Crippen LogP) is 3.13. The van der Waals surface area contributed by atoms with Gasteiger partial charge in [0.05, 0.1) is 15.8 Å². The van der Waals surface area contributed by atoms with Crippen molar-refractivity contribution in [2.45, 2.75) is 13.3 Å². The first-order chi connectivity index (χ1) is 10.9. The van der Waals surface area contributed by atoms with Gasteiger partial charge in [-0.1, -0.05) is 13.0 Å². The molecule has 7 heteroatoms. The standard InChI is InChI=1S/C16H14FN3O3/c1-3-4-13(7-5-11(2)20(22)23)19-10-18-15-9-12(17)6-8-14(15)16(19)21/h4-10H,2-3H2,1H3/b7-5-,13-4+. The van der Waals surface area contributed by atoms with Crippen molar-refractivity contribution >= 4 is 16.6 Å². The largest absolute Gasteiger partial charge is 0.268 e. The third kappa shape index (κ3) is 3.57. The molecule has 23 heavy (non-hydrogen) atoms. The van der Waals surface area contributed by atoms with Crippen molar-refractivity contribution < 1.29 is 9.31 Å². The molecule has 0 bridgehead atoms. The molecule has 0 radical (unpaired) electrons. The molecule has 1 aromatic carbocycles. The highest BCUT2D eigenvalue weighted by Crippen LogP contribution is 2.12. The zero-order chi connectivity index (χ0) is 17.0. The van der Waals surface area contributed by atoms with E-state index in [0.717, 1.165) is 0 Å². The number of rotatable bonds is 5. The van der Waals surface area contributed by atoms with E-state index < -0.39 is 10.7 Å². The molecule has 2 rings (SSSR count). The minimum Gasteiger partial charge on any atom is -0.268 e. The van der Waals surface area contributed by atoms with Crippen LogP contribution in [0.15, 0.2) is 59.8 Å². The van der Waals surface area contributed by atoms with Gasteiger partial charge in [-0.25, -0.2) is 9.37 Å². The predicted molar refractivity (Wildman–Crippen MR) is 85.8 cm³/mol.